The van der Waals surface area contributed by atoms with Crippen LogP contribution in [0.4, 0.5) is 13.2 Å². The van der Waals surface area contributed by atoms with Gasteiger partial charge in [0.25, 0.3) is 0 Å². The first-order valence-electron chi connectivity index (χ1n) is 7.57. The van der Waals surface area contributed by atoms with Crippen LogP contribution >= 0.6 is 0 Å². The van der Waals surface area contributed by atoms with Gasteiger partial charge in [0.05, 0.1) is 17.8 Å². The van der Waals surface area contributed by atoms with Gasteiger partial charge in [0, 0.05) is 37.9 Å². The minimum atomic E-state index is -4.38. The highest BCUT2D eigenvalue weighted by atomic mass is 19.4. The summed E-state index contributed by atoms with van der Waals surface area (Å²) < 4.78 is 39.3. The lowest BCUT2D eigenvalue weighted by molar-refractivity contribution is -0.141. The fourth-order valence-corrected chi connectivity index (χ4v) is 2.94. The maximum atomic E-state index is 12.6. The van der Waals surface area contributed by atoms with Gasteiger partial charge in [-0.2, -0.15) is 18.3 Å². The largest absolute Gasteiger partial charge is 0.435 e. The summed E-state index contributed by atoms with van der Waals surface area (Å²) in [6.45, 7) is 3.66. The molecule has 8 heteroatoms. The molecule has 1 aliphatic heterocycles. The van der Waals surface area contributed by atoms with E-state index in [0.29, 0.717) is 0 Å². The Morgan fingerprint density at radius 3 is 2.52 bits per heavy atom. The SMILES string of the molecule is C[C@H](c1cnccn1)N1CCC(n2ccc(C(F)(F)F)n2)CC1. The van der Waals surface area contributed by atoms with Crippen molar-refractivity contribution in [3.8, 4) is 0 Å². The van der Waals surface area contributed by atoms with Crippen molar-refractivity contribution < 1.29 is 13.2 Å². The predicted octanol–water partition coefficient (Wildman–Crippen LogP) is 3.09. The third-order valence-electron chi connectivity index (χ3n) is 4.33. The molecular weight excluding hydrogens is 307 g/mol. The molecule has 1 saturated heterocycles. The Hall–Kier alpha value is -1.96. The number of nitrogens with zero attached hydrogens (tertiary/aromatic N) is 5. The standard InChI is InChI=1S/C15H18F3N5/c1-11(13-10-19-5-6-20-13)22-7-2-12(3-8-22)23-9-4-14(21-23)15(16,17)18/h4-6,9-12H,2-3,7-8H2,1H3/t11-/m1/s1. The Bertz CT molecular complexity index is 632. The molecule has 0 unspecified atom stereocenters. The van der Waals surface area contributed by atoms with Crippen LogP contribution in [0.1, 0.15) is 43.2 Å². The van der Waals surface area contributed by atoms with Gasteiger partial charge in [-0.15, -0.1) is 0 Å². The number of piperidine rings is 1. The average Bonchev–Trinajstić information content (AvgIpc) is 3.05. The van der Waals surface area contributed by atoms with Gasteiger partial charge in [-0.3, -0.25) is 19.5 Å². The smallest absolute Gasteiger partial charge is 0.295 e. The van der Waals surface area contributed by atoms with Gasteiger partial charge in [-0.25, -0.2) is 0 Å². The number of likely N-dealkylation sites (tertiary alicyclic amines) is 1. The van der Waals surface area contributed by atoms with Crippen molar-refractivity contribution in [1.29, 1.82) is 0 Å². The van der Waals surface area contributed by atoms with Gasteiger partial charge in [0.2, 0.25) is 0 Å². The van der Waals surface area contributed by atoms with E-state index in [0.717, 1.165) is 37.7 Å². The second-order valence-electron chi connectivity index (χ2n) is 5.75. The normalized spacial score (nSPS) is 19.0. The van der Waals surface area contributed by atoms with E-state index in [1.807, 2.05) is 0 Å². The van der Waals surface area contributed by atoms with Crippen LogP contribution in [0.3, 0.4) is 0 Å². The summed E-state index contributed by atoms with van der Waals surface area (Å²) in [5, 5.41) is 3.68. The van der Waals surface area contributed by atoms with Crippen LogP contribution in [0.2, 0.25) is 0 Å². The van der Waals surface area contributed by atoms with E-state index in [-0.39, 0.29) is 12.1 Å². The lowest BCUT2D eigenvalue weighted by atomic mass is 10.0. The average molecular weight is 325 g/mol. The van der Waals surface area contributed by atoms with Crippen molar-refractivity contribution in [2.24, 2.45) is 0 Å². The van der Waals surface area contributed by atoms with Crippen LogP contribution in [0, 0.1) is 0 Å². The second kappa shape index (κ2) is 6.27. The lowest BCUT2D eigenvalue weighted by Gasteiger charge is -2.35. The van der Waals surface area contributed by atoms with Crippen molar-refractivity contribution in [2.45, 2.75) is 38.0 Å². The Morgan fingerprint density at radius 1 is 1.22 bits per heavy atom. The van der Waals surface area contributed by atoms with E-state index < -0.39 is 11.9 Å². The summed E-state index contributed by atoms with van der Waals surface area (Å²) in [4.78, 5) is 10.7. The summed E-state index contributed by atoms with van der Waals surface area (Å²) in [5.41, 5.74) is 0.0808. The number of hydrogen-bond donors (Lipinski definition) is 0. The van der Waals surface area contributed by atoms with Gasteiger partial charge in [-0.1, -0.05) is 0 Å². The molecule has 1 fully saturated rings. The molecule has 0 bridgehead atoms. The van der Waals surface area contributed by atoms with Crippen molar-refractivity contribution in [2.75, 3.05) is 13.1 Å². The molecule has 3 rings (SSSR count). The highest BCUT2D eigenvalue weighted by molar-refractivity contribution is 5.05. The van der Waals surface area contributed by atoms with Crippen molar-refractivity contribution in [1.82, 2.24) is 24.6 Å². The molecule has 124 valence electrons. The zero-order valence-electron chi connectivity index (χ0n) is 12.7. The highest BCUT2D eigenvalue weighted by Gasteiger charge is 2.34. The van der Waals surface area contributed by atoms with Crippen LogP contribution in [0.5, 0.6) is 0 Å². The van der Waals surface area contributed by atoms with E-state index in [4.69, 9.17) is 0 Å². The highest BCUT2D eigenvalue weighted by Crippen LogP contribution is 2.31. The van der Waals surface area contributed by atoms with Crippen LogP contribution < -0.4 is 0 Å². The molecule has 0 radical (unpaired) electrons. The molecule has 2 aromatic rings. The molecule has 0 amide bonds. The van der Waals surface area contributed by atoms with Crippen molar-refractivity contribution in [3.05, 3.63) is 42.2 Å². The molecule has 23 heavy (non-hydrogen) atoms. The summed E-state index contributed by atoms with van der Waals surface area (Å²) in [6, 6.07) is 1.19. The monoisotopic (exact) mass is 325 g/mol. The minimum Gasteiger partial charge on any atom is -0.295 e. The first-order chi connectivity index (χ1) is 10.9. The molecule has 1 atom stereocenters. The Balaban J connectivity index is 1.61. The maximum Gasteiger partial charge on any atom is 0.435 e. The van der Waals surface area contributed by atoms with E-state index in [9.17, 15) is 13.2 Å². The van der Waals surface area contributed by atoms with E-state index in [1.54, 1.807) is 18.6 Å². The Morgan fingerprint density at radius 2 is 1.96 bits per heavy atom. The summed E-state index contributed by atoms with van der Waals surface area (Å²) in [6.07, 6.45) is 3.63. The molecule has 0 spiro atoms. The summed E-state index contributed by atoms with van der Waals surface area (Å²) >= 11 is 0. The van der Waals surface area contributed by atoms with Gasteiger partial charge in [-0.05, 0) is 25.8 Å². The van der Waals surface area contributed by atoms with E-state index in [2.05, 4.69) is 26.9 Å². The zero-order chi connectivity index (χ0) is 16.4. The third-order valence-corrected chi connectivity index (χ3v) is 4.33. The van der Waals surface area contributed by atoms with Crippen molar-refractivity contribution >= 4 is 0 Å². The molecule has 1 aliphatic rings. The Labute approximate surface area is 132 Å². The quantitative estimate of drug-likeness (QED) is 0.870. The minimum absolute atomic E-state index is 0.0106. The summed E-state index contributed by atoms with van der Waals surface area (Å²) in [7, 11) is 0. The number of rotatable bonds is 3. The fraction of sp³-hybridized carbons (Fsp3) is 0.533. The van der Waals surface area contributed by atoms with Gasteiger partial charge >= 0.3 is 6.18 Å². The molecular formula is C15H18F3N5. The van der Waals surface area contributed by atoms with Crippen molar-refractivity contribution in [3.63, 3.8) is 0 Å². The molecule has 3 heterocycles. The van der Waals surface area contributed by atoms with Crippen LogP contribution in [0.15, 0.2) is 30.9 Å². The zero-order valence-corrected chi connectivity index (χ0v) is 12.7. The van der Waals surface area contributed by atoms with Crippen LogP contribution in [-0.2, 0) is 6.18 Å². The number of aromatic nitrogens is 4. The van der Waals surface area contributed by atoms with Crippen LogP contribution in [-0.4, -0.2) is 37.7 Å². The molecule has 5 nitrogen and oxygen atoms in total. The summed E-state index contributed by atoms with van der Waals surface area (Å²) in [5.74, 6) is 0. The van der Waals surface area contributed by atoms with Gasteiger partial charge in [0.15, 0.2) is 5.69 Å². The number of alkyl halides is 3. The van der Waals surface area contributed by atoms with E-state index >= 15 is 0 Å². The van der Waals surface area contributed by atoms with Gasteiger partial charge in [0.1, 0.15) is 0 Å². The predicted molar refractivity (Wildman–Crippen MR) is 77.5 cm³/mol. The third kappa shape index (κ3) is 3.52. The Kier molecular flexibility index (Phi) is 4.34. The van der Waals surface area contributed by atoms with Gasteiger partial charge < -0.3 is 0 Å². The number of hydrogen-bond acceptors (Lipinski definition) is 4. The fourth-order valence-electron chi connectivity index (χ4n) is 2.94. The topological polar surface area (TPSA) is 46.8 Å². The molecule has 0 aromatic carbocycles. The maximum absolute atomic E-state index is 12.6. The molecule has 2 aromatic heterocycles. The molecule has 0 aliphatic carbocycles. The second-order valence-corrected chi connectivity index (χ2v) is 5.75. The lowest BCUT2D eigenvalue weighted by Crippen LogP contribution is -2.37. The van der Waals surface area contributed by atoms with E-state index in [1.165, 1.54) is 10.9 Å². The number of halogens is 3. The molecule has 0 N–H and O–H groups in total. The first-order valence-corrected chi connectivity index (χ1v) is 7.57. The van der Waals surface area contributed by atoms with Crippen LogP contribution in [0.25, 0.3) is 0 Å². The molecule has 0 saturated carbocycles. The first kappa shape index (κ1) is 15.9.